The molecule has 0 aromatic rings. The van der Waals surface area contributed by atoms with Crippen molar-refractivity contribution in [3.63, 3.8) is 0 Å². The van der Waals surface area contributed by atoms with Gasteiger partial charge in [-0.25, -0.2) is 0 Å². The molecular weight excluding hydrogens is 240 g/mol. The van der Waals surface area contributed by atoms with Crippen LogP contribution in [0.5, 0.6) is 0 Å². The minimum absolute atomic E-state index is 0.865. The van der Waals surface area contributed by atoms with Gasteiger partial charge in [-0.3, -0.25) is 0 Å². The van der Waals surface area contributed by atoms with Crippen molar-refractivity contribution in [3.05, 3.63) is 0 Å². The Kier molecular flexibility index (Phi) is 12.3. The van der Waals surface area contributed by atoms with Gasteiger partial charge in [0.05, 0.1) is 0 Å². The van der Waals surface area contributed by atoms with Crippen molar-refractivity contribution in [1.82, 2.24) is 0 Å². The molecule has 0 saturated carbocycles. The summed E-state index contributed by atoms with van der Waals surface area (Å²) in [6.45, 7) is 10.6. The molecule has 3 heteroatoms. The van der Waals surface area contributed by atoms with Crippen LogP contribution in [0.15, 0.2) is 0 Å². The maximum Gasteiger partial charge on any atom is 0.337 e. The van der Waals surface area contributed by atoms with Crippen molar-refractivity contribution < 1.29 is 8.85 Å². The molecule has 18 heavy (non-hydrogen) atoms. The molecule has 0 radical (unpaired) electrons. The van der Waals surface area contributed by atoms with Crippen LogP contribution in [0.2, 0.25) is 12.1 Å². The molecule has 0 spiro atoms. The lowest BCUT2D eigenvalue weighted by Gasteiger charge is -2.28. The Morgan fingerprint density at radius 3 is 1.72 bits per heavy atom. The van der Waals surface area contributed by atoms with E-state index in [0.29, 0.717) is 0 Å². The first-order chi connectivity index (χ1) is 8.74. The Labute approximate surface area is 116 Å². The molecule has 110 valence electrons. The highest BCUT2D eigenvalue weighted by Crippen LogP contribution is 2.19. The van der Waals surface area contributed by atoms with E-state index in [4.69, 9.17) is 8.85 Å². The Bertz CT molecular complexity index is 170. The third-order valence-electron chi connectivity index (χ3n) is 3.51. The first kappa shape index (κ1) is 18.1. The highest BCUT2D eigenvalue weighted by Gasteiger charge is 2.32. The van der Waals surface area contributed by atoms with Crippen molar-refractivity contribution >= 4 is 8.56 Å². The molecule has 0 saturated heterocycles. The van der Waals surface area contributed by atoms with E-state index >= 15 is 0 Å². The van der Waals surface area contributed by atoms with Crippen LogP contribution in [0.4, 0.5) is 0 Å². The molecule has 0 amide bonds. The average molecular weight is 275 g/mol. The number of unbranched alkanes of at least 4 members (excludes halogenated alkanes) is 5. The molecule has 0 heterocycles. The van der Waals surface area contributed by atoms with Crippen LogP contribution in [-0.2, 0) is 8.85 Å². The summed E-state index contributed by atoms with van der Waals surface area (Å²) >= 11 is 0. The first-order valence-corrected chi connectivity index (χ1v) is 10.3. The summed E-state index contributed by atoms with van der Waals surface area (Å²) in [6, 6.07) is 2.17. The lowest BCUT2D eigenvalue weighted by Crippen LogP contribution is -2.41. The SMILES string of the molecule is CCCCCCCCO[Si](CC)(CC)OCCC. The quantitative estimate of drug-likeness (QED) is 0.336. The Balaban J connectivity index is 3.69. The molecule has 0 aliphatic carbocycles. The third kappa shape index (κ3) is 8.28. The largest absolute Gasteiger partial charge is 0.394 e. The zero-order valence-electron chi connectivity index (χ0n) is 13.1. The van der Waals surface area contributed by atoms with Gasteiger partial charge in [-0.15, -0.1) is 0 Å². The maximum atomic E-state index is 6.15. The lowest BCUT2D eigenvalue weighted by atomic mass is 10.1. The minimum Gasteiger partial charge on any atom is -0.394 e. The smallest absolute Gasteiger partial charge is 0.337 e. The summed E-state index contributed by atoms with van der Waals surface area (Å²) in [5.74, 6) is 0. The van der Waals surface area contributed by atoms with Crippen LogP contribution in [-0.4, -0.2) is 21.8 Å². The molecule has 0 aliphatic rings. The first-order valence-electron chi connectivity index (χ1n) is 8.02. The van der Waals surface area contributed by atoms with E-state index in [0.717, 1.165) is 31.7 Å². The second kappa shape index (κ2) is 12.2. The van der Waals surface area contributed by atoms with Gasteiger partial charge in [0, 0.05) is 13.2 Å². The number of hydrogen-bond acceptors (Lipinski definition) is 2. The van der Waals surface area contributed by atoms with Crippen molar-refractivity contribution in [2.75, 3.05) is 13.2 Å². The van der Waals surface area contributed by atoms with Gasteiger partial charge in [0.25, 0.3) is 0 Å². The zero-order valence-corrected chi connectivity index (χ0v) is 14.1. The molecule has 0 rings (SSSR count). The van der Waals surface area contributed by atoms with Crippen LogP contribution >= 0.6 is 0 Å². The van der Waals surface area contributed by atoms with Crippen LogP contribution in [0.1, 0.15) is 72.6 Å². The third-order valence-corrected chi connectivity index (χ3v) is 7.12. The van der Waals surface area contributed by atoms with E-state index in [-0.39, 0.29) is 0 Å². The summed E-state index contributed by atoms with van der Waals surface area (Å²) < 4.78 is 12.2. The van der Waals surface area contributed by atoms with Crippen LogP contribution < -0.4 is 0 Å². The summed E-state index contributed by atoms with van der Waals surface area (Å²) in [5.41, 5.74) is 0. The van der Waals surface area contributed by atoms with Crippen LogP contribution in [0.3, 0.4) is 0 Å². The zero-order chi connectivity index (χ0) is 13.7. The van der Waals surface area contributed by atoms with E-state index in [1.54, 1.807) is 0 Å². The van der Waals surface area contributed by atoms with Gasteiger partial charge in [0.15, 0.2) is 0 Å². The van der Waals surface area contributed by atoms with Gasteiger partial charge in [-0.2, -0.15) is 0 Å². The molecular formula is C15H34O2Si. The molecule has 0 aromatic heterocycles. The monoisotopic (exact) mass is 274 g/mol. The van der Waals surface area contributed by atoms with E-state index in [2.05, 4.69) is 27.7 Å². The molecule has 2 nitrogen and oxygen atoms in total. The molecule has 0 aromatic carbocycles. The van der Waals surface area contributed by atoms with Gasteiger partial charge in [-0.05, 0) is 24.9 Å². The van der Waals surface area contributed by atoms with Crippen LogP contribution in [0.25, 0.3) is 0 Å². The summed E-state index contributed by atoms with van der Waals surface area (Å²) in [7, 11) is -1.84. The second-order valence-electron chi connectivity index (χ2n) is 5.08. The van der Waals surface area contributed by atoms with E-state index in [9.17, 15) is 0 Å². The summed E-state index contributed by atoms with van der Waals surface area (Å²) in [4.78, 5) is 0. The molecule has 0 bridgehead atoms. The highest BCUT2D eigenvalue weighted by molar-refractivity contribution is 6.67. The van der Waals surface area contributed by atoms with E-state index in [1.165, 1.54) is 38.5 Å². The second-order valence-corrected chi connectivity index (χ2v) is 8.90. The standard InChI is InChI=1S/C15H34O2Si/c1-5-9-10-11-12-13-15-17-18(7-3,8-4)16-14-6-2/h5-15H2,1-4H3. The van der Waals surface area contributed by atoms with E-state index < -0.39 is 8.56 Å². The fraction of sp³-hybridized carbons (Fsp3) is 1.00. The van der Waals surface area contributed by atoms with Crippen molar-refractivity contribution in [2.24, 2.45) is 0 Å². The van der Waals surface area contributed by atoms with Gasteiger partial charge < -0.3 is 8.85 Å². The number of hydrogen-bond donors (Lipinski definition) is 0. The summed E-state index contributed by atoms with van der Waals surface area (Å²) in [6.07, 6.45) is 9.05. The topological polar surface area (TPSA) is 18.5 Å². The molecule has 0 aliphatic heterocycles. The fourth-order valence-electron chi connectivity index (χ4n) is 2.13. The van der Waals surface area contributed by atoms with Crippen molar-refractivity contribution in [2.45, 2.75) is 84.7 Å². The van der Waals surface area contributed by atoms with Gasteiger partial charge in [0.1, 0.15) is 0 Å². The lowest BCUT2D eigenvalue weighted by molar-refractivity contribution is 0.166. The Morgan fingerprint density at radius 1 is 0.611 bits per heavy atom. The molecule has 0 fully saturated rings. The highest BCUT2D eigenvalue weighted by atomic mass is 28.4. The predicted octanol–water partition coefficient (Wildman–Crippen LogP) is 5.27. The van der Waals surface area contributed by atoms with Gasteiger partial charge in [0.2, 0.25) is 0 Å². The number of rotatable bonds is 13. The predicted molar refractivity (Wildman–Crippen MR) is 82.3 cm³/mol. The molecule has 0 atom stereocenters. The Morgan fingerprint density at radius 2 is 1.17 bits per heavy atom. The molecule has 0 N–H and O–H groups in total. The van der Waals surface area contributed by atoms with Gasteiger partial charge in [-0.1, -0.05) is 59.8 Å². The van der Waals surface area contributed by atoms with Crippen LogP contribution in [0, 0.1) is 0 Å². The van der Waals surface area contributed by atoms with E-state index in [1.807, 2.05) is 0 Å². The minimum atomic E-state index is -1.84. The van der Waals surface area contributed by atoms with Crippen molar-refractivity contribution in [1.29, 1.82) is 0 Å². The Hall–Kier alpha value is 0.137. The molecule has 0 unspecified atom stereocenters. The summed E-state index contributed by atoms with van der Waals surface area (Å²) in [5, 5.41) is 0. The fourth-order valence-corrected chi connectivity index (χ4v) is 4.62. The van der Waals surface area contributed by atoms with Crippen molar-refractivity contribution in [3.8, 4) is 0 Å². The van der Waals surface area contributed by atoms with Gasteiger partial charge >= 0.3 is 8.56 Å². The maximum absolute atomic E-state index is 6.15. The normalized spacial score (nSPS) is 12.0. The average Bonchev–Trinajstić information content (AvgIpc) is 2.42.